The highest BCUT2D eigenvalue weighted by Gasteiger charge is 2.14. The molecule has 0 saturated carbocycles. The maximum Gasteiger partial charge on any atom is 0.270 e. The number of nitro groups is 1. The number of carbonyl (C=O) groups is 1. The van der Waals surface area contributed by atoms with Gasteiger partial charge in [-0.05, 0) is 36.8 Å². The molecule has 0 aromatic heterocycles. The molecule has 2 N–H and O–H groups in total. The van der Waals surface area contributed by atoms with Gasteiger partial charge in [-0.15, -0.1) is 0 Å². The number of phenols is 1. The first-order valence-electron chi connectivity index (χ1n) is 5.93. The molecule has 0 aliphatic carbocycles. The van der Waals surface area contributed by atoms with Crippen molar-refractivity contribution in [2.45, 2.75) is 6.92 Å². The number of aromatic hydroxyl groups is 1. The Labute approximate surface area is 125 Å². The summed E-state index contributed by atoms with van der Waals surface area (Å²) in [5.74, 6) is -0.593. The number of nitrogens with zero attached hydrogens (tertiary/aromatic N) is 1. The zero-order valence-corrected chi connectivity index (χ0v) is 11.7. The molecule has 0 aliphatic rings. The zero-order chi connectivity index (χ0) is 15.6. The average molecular weight is 307 g/mol. The number of aryl methyl sites for hydroxylation is 1. The molecule has 7 heteroatoms. The molecule has 0 atom stereocenters. The summed E-state index contributed by atoms with van der Waals surface area (Å²) in [6, 6.07) is 8.34. The lowest BCUT2D eigenvalue weighted by atomic mass is 10.1. The number of hydrogen-bond acceptors (Lipinski definition) is 4. The van der Waals surface area contributed by atoms with Gasteiger partial charge in [0.15, 0.2) is 0 Å². The maximum atomic E-state index is 12.1. The largest absolute Gasteiger partial charge is 0.506 e. The molecule has 0 radical (unpaired) electrons. The van der Waals surface area contributed by atoms with Gasteiger partial charge in [-0.25, -0.2) is 0 Å². The van der Waals surface area contributed by atoms with E-state index in [1.165, 1.54) is 30.3 Å². The van der Waals surface area contributed by atoms with Crippen LogP contribution < -0.4 is 5.32 Å². The molecule has 0 aliphatic heterocycles. The van der Waals surface area contributed by atoms with Gasteiger partial charge in [-0.3, -0.25) is 14.9 Å². The van der Waals surface area contributed by atoms with Gasteiger partial charge >= 0.3 is 0 Å². The van der Waals surface area contributed by atoms with Gasteiger partial charge in [-0.1, -0.05) is 11.6 Å². The second-order valence-corrected chi connectivity index (χ2v) is 4.84. The molecule has 0 fully saturated rings. The van der Waals surface area contributed by atoms with E-state index in [9.17, 15) is 20.0 Å². The summed E-state index contributed by atoms with van der Waals surface area (Å²) in [5, 5.41) is 22.8. The van der Waals surface area contributed by atoms with Gasteiger partial charge in [0.05, 0.1) is 9.95 Å². The third kappa shape index (κ3) is 3.49. The molecule has 0 bridgehead atoms. The van der Waals surface area contributed by atoms with Crippen LogP contribution in [0.2, 0.25) is 5.02 Å². The van der Waals surface area contributed by atoms with Gasteiger partial charge < -0.3 is 10.4 Å². The molecule has 2 aromatic rings. The van der Waals surface area contributed by atoms with Crippen molar-refractivity contribution in [1.82, 2.24) is 0 Å². The minimum Gasteiger partial charge on any atom is -0.506 e. The number of rotatable bonds is 3. The van der Waals surface area contributed by atoms with Crippen LogP contribution in [0, 0.1) is 17.0 Å². The minimum absolute atomic E-state index is 0.0964. The second kappa shape index (κ2) is 5.80. The summed E-state index contributed by atoms with van der Waals surface area (Å²) in [4.78, 5) is 22.3. The van der Waals surface area contributed by atoms with E-state index in [1.54, 1.807) is 13.0 Å². The third-order valence-corrected chi connectivity index (χ3v) is 3.04. The van der Waals surface area contributed by atoms with E-state index >= 15 is 0 Å². The number of anilines is 1. The van der Waals surface area contributed by atoms with E-state index in [1.807, 2.05) is 0 Å². The molecule has 1 amide bonds. The number of halogens is 1. The van der Waals surface area contributed by atoms with Gasteiger partial charge in [-0.2, -0.15) is 0 Å². The van der Waals surface area contributed by atoms with Crippen LogP contribution in [0.5, 0.6) is 5.75 Å². The lowest BCUT2D eigenvalue weighted by Crippen LogP contribution is -2.12. The minimum atomic E-state index is -0.554. The lowest BCUT2D eigenvalue weighted by molar-refractivity contribution is -0.384. The standard InChI is InChI=1S/C14H11ClN2O4/c1-8-4-9(6-11(5-8)17(20)21)14(19)16-10-2-3-13(18)12(15)7-10/h2-7,18H,1H3,(H,16,19). The van der Waals surface area contributed by atoms with Crippen LogP contribution >= 0.6 is 11.6 Å². The van der Waals surface area contributed by atoms with E-state index in [0.29, 0.717) is 11.3 Å². The smallest absolute Gasteiger partial charge is 0.270 e. The van der Waals surface area contributed by atoms with Crippen LogP contribution in [-0.4, -0.2) is 15.9 Å². The topological polar surface area (TPSA) is 92.5 Å². The molecular formula is C14H11ClN2O4. The highest BCUT2D eigenvalue weighted by atomic mass is 35.5. The summed E-state index contributed by atoms with van der Waals surface area (Å²) in [6.07, 6.45) is 0. The maximum absolute atomic E-state index is 12.1. The van der Waals surface area contributed by atoms with E-state index in [0.717, 1.165) is 0 Å². The monoisotopic (exact) mass is 306 g/mol. The van der Waals surface area contributed by atoms with Crippen molar-refractivity contribution in [3.05, 3.63) is 62.7 Å². The molecule has 6 nitrogen and oxygen atoms in total. The Hall–Kier alpha value is -2.60. The van der Waals surface area contributed by atoms with Gasteiger partial charge in [0.2, 0.25) is 0 Å². The zero-order valence-electron chi connectivity index (χ0n) is 11.0. The lowest BCUT2D eigenvalue weighted by Gasteiger charge is -2.07. The molecule has 0 heterocycles. The Kier molecular flexibility index (Phi) is 4.09. The van der Waals surface area contributed by atoms with Gasteiger partial charge in [0.25, 0.3) is 11.6 Å². The van der Waals surface area contributed by atoms with Crippen molar-refractivity contribution >= 4 is 28.9 Å². The summed E-state index contributed by atoms with van der Waals surface area (Å²) in [6.45, 7) is 1.67. The number of carbonyl (C=O) groups excluding carboxylic acids is 1. The highest BCUT2D eigenvalue weighted by molar-refractivity contribution is 6.32. The van der Waals surface area contributed by atoms with E-state index in [2.05, 4.69) is 5.32 Å². The second-order valence-electron chi connectivity index (χ2n) is 4.43. The Morgan fingerprint density at radius 2 is 2.00 bits per heavy atom. The highest BCUT2D eigenvalue weighted by Crippen LogP contribution is 2.26. The number of nitrogens with one attached hydrogen (secondary N) is 1. The summed E-state index contributed by atoms with van der Waals surface area (Å²) < 4.78 is 0. The number of phenolic OH excluding ortho intramolecular Hbond substituents is 1. The molecule has 0 spiro atoms. The SMILES string of the molecule is Cc1cc(C(=O)Nc2ccc(O)c(Cl)c2)cc([N+](=O)[O-])c1. The van der Waals surface area contributed by atoms with Crippen molar-refractivity contribution in [3.8, 4) is 5.75 Å². The van der Waals surface area contributed by atoms with Crippen LogP contribution in [0.4, 0.5) is 11.4 Å². The summed E-state index contributed by atoms with van der Waals surface area (Å²) in [5.41, 5.74) is 1.01. The van der Waals surface area contributed by atoms with Crippen molar-refractivity contribution in [3.63, 3.8) is 0 Å². The van der Waals surface area contributed by atoms with E-state index in [-0.39, 0.29) is 22.0 Å². The summed E-state index contributed by atoms with van der Waals surface area (Å²) >= 11 is 5.74. The predicted molar refractivity (Wildman–Crippen MR) is 78.9 cm³/mol. The molecule has 2 rings (SSSR count). The normalized spacial score (nSPS) is 10.2. The molecule has 0 saturated heterocycles. The van der Waals surface area contributed by atoms with E-state index in [4.69, 9.17) is 11.6 Å². The van der Waals surface area contributed by atoms with Crippen LogP contribution in [0.25, 0.3) is 0 Å². The van der Waals surface area contributed by atoms with Crippen molar-refractivity contribution < 1.29 is 14.8 Å². The van der Waals surface area contributed by atoms with Gasteiger partial charge in [0.1, 0.15) is 5.75 Å². The number of hydrogen-bond donors (Lipinski definition) is 2. The Morgan fingerprint density at radius 1 is 1.29 bits per heavy atom. The molecule has 0 unspecified atom stereocenters. The van der Waals surface area contributed by atoms with E-state index < -0.39 is 10.8 Å². The fourth-order valence-electron chi connectivity index (χ4n) is 1.79. The fourth-order valence-corrected chi connectivity index (χ4v) is 1.97. The number of nitro benzene ring substituents is 1. The third-order valence-electron chi connectivity index (χ3n) is 2.74. The first-order chi connectivity index (χ1) is 9.86. The van der Waals surface area contributed by atoms with Gasteiger partial charge in [0, 0.05) is 23.4 Å². The Morgan fingerprint density at radius 3 is 2.62 bits per heavy atom. The van der Waals surface area contributed by atoms with Crippen LogP contribution in [-0.2, 0) is 0 Å². The molecule has 21 heavy (non-hydrogen) atoms. The van der Waals surface area contributed by atoms with Crippen molar-refractivity contribution in [2.75, 3.05) is 5.32 Å². The predicted octanol–water partition coefficient (Wildman–Crippen LogP) is 3.51. The van der Waals surface area contributed by atoms with Crippen LogP contribution in [0.15, 0.2) is 36.4 Å². The fraction of sp³-hybridized carbons (Fsp3) is 0.0714. The molecular weight excluding hydrogens is 296 g/mol. The Balaban J connectivity index is 2.27. The molecule has 2 aromatic carbocycles. The Bertz CT molecular complexity index is 731. The van der Waals surface area contributed by atoms with Crippen molar-refractivity contribution in [1.29, 1.82) is 0 Å². The number of benzene rings is 2. The van der Waals surface area contributed by atoms with Crippen LogP contribution in [0.1, 0.15) is 15.9 Å². The molecule has 108 valence electrons. The summed E-state index contributed by atoms with van der Waals surface area (Å²) in [7, 11) is 0. The quantitative estimate of drug-likeness (QED) is 0.515. The average Bonchev–Trinajstić information content (AvgIpc) is 2.42. The first kappa shape index (κ1) is 14.8. The number of non-ortho nitro benzene ring substituents is 1. The first-order valence-corrected chi connectivity index (χ1v) is 6.30. The van der Waals surface area contributed by atoms with Crippen LogP contribution in [0.3, 0.4) is 0 Å². The number of amides is 1. The van der Waals surface area contributed by atoms with Crippen molar-refractivity contribution in [2.24, 2.45) is 0 Å².